The molecule has 88 valence electrons. The van der Waals surface area contributed by atoms with E-state index < -0.39 is 0 Å². The molecule has 1 aliphatic rings. The Morgan fingerprint density at radius 3 is 2.62 bits per heavy atom. The molecular weight excluding hydrogens is 222 g/mol. The van der Waals surface area contributed by atoms with E-state index in [1.807, 2.05) is 19.1 Å². The molecule has 0 radical (unpaired) electrons. The van der Waals surface area contributed by atoms with Gasteiger partial charge >= 0.3 is 0 Å². The first kappa shape index (κ1) is 11.6. The van der Waals surface area contributed by atoms with Crippen LogP contribution in [0.3, 0.4) is 0 Å². The van der Waals surface area contributed by atoms with Crippen molar-refractivity contribution in [2.24, 2.45) is 0 Å². The molecule has 1 aromatic heterocycles. The molecule has 4 heteroatoms. The maximum Gasteiger partial charge on any atom is 0.151 e. The molecule has 1 aromatic rings. The number of aryl methyl sites for hydroxylation is 1. The molecule has 0 aromatic carbocycles. The van der Waals surface area contributed by atoms with Crippen LogP contribution in [0.1, 0.15) is 31.4 Å². The minimum absolute atomic E-state index is 0.607. The summed E-state index contributed by atoms with van der Waals surface area (Å²) in [5.74, 6) is 1.62. The highest BCUT2D eigenvalue weighted by Crippen LogP contribution is 2.26. The van der Waals surface area contributed by atoms with Crippen LogP contribution in [0, 0.1) is 6.92 Å². The van der Waals surface area contributed by atoms with Crippen LogP contribution in [0.25, 0.3) is 0 Å². The van der Waals surface area contributed by atoms with Crippen molar-refractivity contribution >= 4 is 17.4 Å². The number of rotatable bonds is 4. The summed E-state index contributed by atoms with van der Waals surface area (Å²) in [6, 6.07) is 4.67. The van der Waals surface area contributed by atoms with Crippen molar-refractivity contribution < 1.29 is 0 Å². The lowest BCUT2D eigenvalue weighted by atomic mass is 10.2. The summed E-state index contributed by atoms with van der Waals surface area (Å²) in [7, 11) is 0. The fraction of sp³-hybridized carbons (Fsp3) is 0.667. The molecule has 1 saturated carbocycles. The second kappa shape index (κ2) is 5.48. The third-order valence-corrected chi connectivity index (χ3v) is 3.34. The Bertz CT molecular complexity index is 320. The van der Waals surface area contributed by atoms with Gasteiger partial charge in [0.1, 0.15) is 0 Å². The van der Waals surface area contributed by atoms with E-state index in [2.05, 4.69) is 15.1 Å². The van der Waals surface area contributed by atoms with Gasteiger partial charge in [0.2, 0.25) is 0 Å². The van der Waals surface area contributed by atoms with Crippen LogP contribution >= 0.6 is 11.6 Å². The smallest absolute Gasteiger partial charge is 0.151 e. The summed E-state index contributed by atoms with van der Waals surface area (Å²) in [4.78, 5) is 2.31. The normalized spacial score (nSPS) is 16.6. The van der Waals surface area contributed by atoms with E-state index >= 15 is 0 Å². The van der Waals surface area contributed by atoms with E-state index in [4.69, 9.17) is 11.6 Å². The first-order valence-corrected chi connectivity index (χ1v) is 6.47. The van der Waals surface area contributed by atoms with Gasteiger partial charge in [-0.1, -0.05) is 12.8 Å². The van der Waals surface area contributed by atoms with E-state index in [1.165, 1.54) is 25.7 Å². The summed E-state index contributed by atoms with van der Waals surface area (Å²) < 4.78 is 0. The Balaban J connectivity index is 2.14. The lowest BCUT2D eigenvalue weighted by molar-refractivity contribution is 0.610. The van der Waals surface area contributed by atoms with Crippen LogP contribution in [0.15, 0.2) is 12.1 Å². The van der Waals surface area contributed by atoms with Crippen LogP contribution in [0.5, 0.6) is 0 Å². The van der Waals surface area contributed by atoms with Crippen molar-refractivity contribution in [3.63, 3.8) is 0 Å². The molecule has 3 nitrogen and oxygen atoms in total. The quantitative estimate of drug-likeness (QED) is 0.757. The van der Waals surface area contributed by atoms with Gasteiger partial charge in [0, 0.05) is 18.5 Å². The summed E-state index contributed by atoms with van der Waals surface area (Å²) in [6.07, 6.45) is 5.16. The van der Waals surface area contributed by atoms with Gasteiger partial charge in [-0.15, -0.1) is 16.7 Å². The Hall–Kier alpha value is -0.830. The largest absolute Gasteiger partial charge is 0.351 e. The van der Waals surface area contributed by atoms with Gasteiger partial charge in [0.05, 0.1) is 5.69 Å². The zero-order valence-corrected chi connectivity index (χ0v) is 10.5. The molecular formula is C12H18ClN3. The molecule has 0 aliphatic heterocycles. The second-order valence-corrected chi connectivity index (χ2v) is 4.73. The zero-order valence-electron chi connectivity index (χ0n) is 9.69. The average molecular weight is 240 g/mol. The Labute approximate surface area is 102 Å². The second-order valence-electron chi connectivity index (χ2n) is 4.35. The fourth-order valence-corrected chi connectivity index (χ4v) is 2.52. The number of hydrogen-bond donors (Lipinski definition) is 0. The van der Waals surface area contributed by atoms with Gasteiger partial charge in [0.25, 0.3) is 0 Å². The van der Waals surface area contributed by atoms with E-state index in [9.17, 15) is 0 Å². The lowest BCUT2D eigenvalue weighted by Gasteiger charge is -2.28. The molecule has 0 spiro atoms. The molecule has 16 heavy (non-hydrogen) atoms. The van der Waals surface area contributed by atoms with Crippen LogP contribution in [-0.4, -0.2) is 28.7 Å². The summed E-state index contributed by atoms with van der Waals surface area (Å²) in [6.45, 7) is 2.82. The van der Waals surface area contributed by atoms with Crippen LogP contribution < -0.4 is 4.90 Å². The van der Waals surface area contributed by atoms with Crippen LogP contribution in [-0.2, 0) is 0 Å². The highest BCUT2D eigenvalue weighted by molar-refractivity contribution is 6.18. The highest BCUT2D eigenvalue weighted by Gasteiger charge is 2.23. The number of aromatic nitrogens is 2. The first-order valence-electron chi connectivity index (χ1n) is 5.94. The molecule has 0 bridgehead atoms. The van der Waals surface area contributed by atoms with E-state index in [1.54, 1.807) is 0 Å². The van der Waals surface area contributed by atoms with Crippen LogP contribution in [0.2, 0.25) is 0 Å². The number of hydrogen-bond acceptors (Lipinski definition) is 3. The van der Waals surface area contributed by atoms with Crippen molar-refractivity contribution in [1.29, 1.82) is 0 Å². The Morgan fingerprint density at radius 1 is 1.31 bits per heavy atom. The minimum atomic E-state index is 0.607. The van der Waals surface area contributed by atoms with Gasteiger partial charge in [0.15, 0.2) is 5.82 Å². The van der Waals surface area contributed by atoms with Gasteiger partial charge in [-0.05, 0) is 31.9 Å². The van der Waals surface area contributed by atoms with Crippen molar-refractivity contribution in [3.8, 4) is 0 Å². The summed E-state index contributed by atoms with van der Waals surface area (Å²) in [5.41, 5.74) is 0.959. The fourth-order valence-electron chi connectivity index (χ4n) is 2.34. The zero-order chi connectivity index (χ0) is 11.4. The standard InChI is InChI=1S/C12H18ClN3/c1-10-6-7-12(15-14-10)16(9-8-13)11-4-2-3-5-11/h6-7,11H,2-5,8-9H2,1H3. The van der Waals surface area contributed by atoms with Crippen molar-refractivity contribution in [3.05, 3.63) is 17.8 Å². The number of halogens is 1. The monoisotopic (exact) mass is 239 g/mol. The predicted octanol–water partition coefficient (Wildman–Crippen LogP) is 2.77. The Morgan fingerprint density at radius 2 is 2.06 bits per heavy atom. The SMILES string of the molecule is Cc1ccc(N(CCCl)C2CCCC2)nn1. The van der Waals surface area contributed by atoms with Crippen molar-refractivity contribution in [2.75, 3.05) is 17.3 Å². The summed E-state index contributed by atoms with van der Waals surface area (Å²) in [5, 5.41) is 8.38. The molecule has 2 rings (SSSR count). The molecule has 0 saturated heterocycles. The molecule has 1 fully saturated rings. The third-order valence-electron chi connectivity index (χ3n) is 3.17. The van der Waals surface area contributed by atoms with Crippen LogP contribution in [0.4, 0.5) is 5.82 Å². The van der Waals surface area contributed by atoms with E-state index in [0.29, 0.717) is 11.9 Å². The molecule has 0 unspecified atom stereocenters. The van der Waals surface area contributed by atoms with Gasteiger partial charge in [-0.25, -0.2) is 0 Å². The predicted molar refractivity (Wildman–Crippen MR) is 67.1 cm³/mol. The molecule has 1 aliphatic carbocycles. The lowest BCUT2D eigenvalue weighted by Crippen LogP contribution is -2.35. The maximum absolute atomic E-state index is 5.87. The molecule has 0 N–H and O–H groups in total. The third kappa shape index (κ3) is 2.64. The maximum atomic E-state index is 5.87. The average Bonchev–Trinajstić information content (AvgIpc) is 2.81. The molecule has 0 amide bonds. The first-order chi connectivity index (χ1) is 7.81. The Kier molecular flexibility index (Phi) is 3.99. The summed E-state index contributed by atoms with van der Waals surface area (Å²) >= 11 is 5.87. The van der Waals surface area contributed by atoms with Gasteiger partial charge < -0.3 is 4.90 Å². The van der Waals surface area contributed by atoms with E-state index in [0.717, 1.165) is 18.1 Å². The van der Waals surface area contributed by atoms with Crippen molar-refractivity contribution in [1.82, 2.24) is 10.2 Å². The van der Waals surface area contributed by atoms with E-state index in [-0.39, 0.29) is 0 Å². The van der Waals surface area contributed by atoms with Gasteiger partial charge in [-0.3, -0.25) is 0 Å². The number of nitrogens with zero attached hydrogens (tertiary/aromatic N) is 3. The van der Waals surface area contributed by atoms with Gasteiger partial charge in [-0.2, -0.15) is 5.10 Å². The highest BCUT2D eigenvalue weighted by atomic mass is 35.5. The molecule has 1 heterocycles. The topological polar surface area (TPSA) is 29.0 Å². The molecule has 0 atom stereocenters. The van der Waals surface area contributed by atoms with Crippen molar-refractivity contribution in [2.45, 2.75) is 38.6 Å². The number of alkyl halides is 1. The number of anilines is 1. The minimum Gasteiger partial charge on any atom is -0.351 e.